The summed E-state index contributed by atoms with van der Waals surface area (Å²) >= 11 is 1.97. The number of likely N-dealkylation sites (tertiary alicyclic amines) is 1. The highest BCUT2D eigenvalue weighted by Crippen LogP contribution is 2.29. The zero-order valence-electron chi connectivity index (χ0n) is 11.1. The summed E-state index contributed by atoms with van der Waals surface area (Å²) in [5.74, 6) is 3.51. The first-order chi connectivity index (χ1) is 8.24. The average Bonchev–Trinajstić information content (AvgIpc) is 2.38. The van der Waals surface area contributed by atoms with Gasteiger partial charge < -0.3 is 10.6 Å². The minimum absolute atomic E-state index is 0. The van der Waals surface area contributed by atoms with Crippen molar-refractivity contribution in [2.45, 2.75) is 38.6 Å². The second-order valence-electron chi connectivity index (χ2n) is 5.34. The Morgan fingerprint density at radius 3 is 2.61 bits per heavy atom. The Bertz CT molecular complexity index is 272. The maximum Gasteiger partial charge on any atom is 0.226 e. The first-order valence-electron chi connectivity index (χ1n) is 6.82. The molecule has 1 amide bonds. The molecule has 0 radical (unpaired) electrons. The van der Waals surface area contributed by atoms with E-state index in [9.17, 15) is 4.79 Å². The number of rotatable bonds is 2. The molecular weight excluding hydrogens is 268 g/mol. The summed E-state index contributed by atoms with van der Waals surface area (Å²) < 4.78 is 0. The zero-order chi connectivity index (χ0) is 12.3. The number of nitrogens with two attached hydrogens (primary N) is 1. The summed E-state index contributed by atoms with van der Waals surface area (Å²) in [4.78, 5) is 14.6. The number of piperidine rings is 1. The fourth-order valence-corrected chi connectivity index (χ4v) is 4.17. The van der Waals surface area contributed by atoms with Crippen LogP contribution in [-0.4, -0.2) is 41.4 Å². The normalized spacial score (nSPS) is 29.8. The molecule has 5 heteroatoms. The van der Waals surface area contributed by atoms with Crippen molar-refractivity contribution < 1.29 is 4.79 Å². The highest BCUT2D eigenvalue weighted by Gasteiger charge is 2.34. The molecule has 2 fully saturated rings. The molecule has 2 heterocycles. The van der Waals surface area contributed by atoms with Crippen molar-refractivity contribution in [3.8, 4) is 0 Å². The van der Waals surface area contributed by atoms with Crippen molar-refractivity contribution in [3.63, 3.8) is 0 Å². The van der Waals surface area contributed by atoms with Gasteiger partial charge in [-0.1, -0.05) is 6.92 Å². The molecule has 0 aromatic rings. The summed E-state index contributed by atoms with van der Waals surface area (Å²) in [5, 5.41) is 0. The Morgan fingerprint density at radius 2 is 2.00 bits per heavy atom. The van der Waals surface area contributed by atoms with Crippen molar-refractivity contribution in [1.29, 1.82) is 0 Å². The van der Waals surface area contributed by atoms with E-state index in [4.69, 9.17) is 5.73 Å². The number of thioether (sulfide) groups is 1. The van der Waals surface area contributed by atoms with E-state index in [1.807, 2.05) is 11.8 Å². The molecule has 3 nitrogen and oxygen atoms in total. The van der Waals surface area contributed by atoms with Gasteiger partial charge in [0.2, 0.25) is 5.91 Å². The molecular formula is C13H25ClN2OS. The Hall–Kier alpha value is 0.0700. The largest absolute Gasteiger partial charge is 0.338 e. The summed E-state index contributed by atoms with van der Waals surface area (Å²) in [6.45, 7) is 3.77. The van der Waals surface area contributed by atoms with Crippen LogP contribution in [0.15, 0.2) is 0 Å². The number of nitrogens with zero attached hydrogens (tertiary/aromatic N) is 1. The van der Waals surface area contributed by atoms with Crippen LogP contribution in [0.4, 0.5) is 0 Å². The van der Waals surface area contributed by atoms with Gasteiger partial charge in [-0.25, -0.2) is 0 Å². The van der Waals surface area contributed by atoms with E-state index in [1.54, 1.807) is 0 Å². The lowest BCUT2D eigenvalue weighted by molar-refractivity contribution is -0.140. The predicted octanol–water partition coefficient (Wildman–Crippen LogP) is 2.14. The molecule has 0 aromatic heterocycles. The van der Waals surface area contributed by atoms with Crippen LogP contribution in [0.3, 0.4) is 0 Å². The van der Waals surface area contributed by atoms with Gasteiger partial charge in [0.1, 0.15) is 0 Å². The number of hydrogen-bond acceptors (Lipinski definition) is 3. The number of halogens is 1. The summed E-state index contributed by atoms with van der Waals surface area (Å²) in [6.07, 6.45) is 4.48. The van der Waals surface area contributed by atoms with E-state index < -0.39 is 0 Å². The van der Waals surface area contributed by atoms with Crippen molar-refractivity contribution in [2.24, 2.45) is 17.6 Å². The standard InChI is InChI=1S/C13H24N2OS.ClH/c1-10-3-2-6-15(12(10)9-14)13(16)11-4-7-17-8-5-11;/h10-12H,2-9,14H2,1H3;1H. The van der Waals surface area contributed by atoms with Crippen LogP contribution >= 0.6 is 24.2 Å². The molecule has 2 rings (SSSR count). The van der Waals surface area contributed by atoms with Crippen molar-refractivity contribution in [3.05, 3.63) is 0 Å². The SMILES string of the molecule is CC1CCCN(C(=O)C2CCSCC2)C1CN.Cl. The van der Waals surface area contributed by atoms with Crippen LogP contribution in [0.2, 0.25) is 0 Å². The average molecular weight is 293 g/mol. The minimum atomic E-state index is 0. The molecule has 0 aliphatic carbocycles. The van der Waals surface area contributed by atoms with Crippen LogP contribution in [0.25, 0.3) is 0 Å². The Kier molecular flexibility index (Phi) is 6.82. The Labute approximate surface area is 121 Å². The lowest BCUT2D eigenvalue weighted by Gasteiger charge is -2.41. The van der Waals surface area contributed by atoms with Gasteiger partial charge in [-0.15, -0.1) is 12.4 Å². The van der Waals surface area contributed by atoms with Crippen LogP contribution in [0, 0.1) is 11.8 Å². The molecule has 2 unspecified atom stereocenters. The topological polar surface area (TPSA) is 46.3 Å². The molecule has 0 bridgehead atoms. The van der Waals surface area contributed by atoms with Gasteiger partial charge in [-0.3, -0.25) is 4.79 Å². The summed E-state index contributed by atoms with van der Waals surface area (Å²) in [5.41, 5.74) is 5.85. The Morgan fingerprint density at radius 1 is 1.33 bits per heavy atom. The molecule has 2 aliphatic heterocycles. The highest BCUT2D eigenvalue weighted by molar-refractivity contribution is 7.99. The second kappa shape index (κ2) is 7.61. The number of hydrogen-bond donors (Lipinski definition) is 1. The third kappa shape index (κ3) is 3.55. The van der Waals surface area contributed by atoms with Crippen molar-refractivity contribution in [2.75, 3.05) is 24.6 Å². The van der Waals surface area contributed by atoms with Gasteiger partial charge >= 0.3 is 0 Å². The van der Waals surface area contributed by atoms with Crippen molar-refractivity contribution in [1.82, 2.24) is 4.90 Å². The van der Waals surface area contributed by atoms with Gasteiger partial charge in [-0.2, -0.15) is 11.8 Å². The van der Waals surface area contributed by atoms with Crippen LogP contribution in [0.1, 0.15) is 32.6 Å². The maximum absolute atomic E-state index is 12.5. The van der Waals surface area contributed by atoms with Gasteiger partial charge in [0.15, 0.2) is 0 Å². The minimum Gasteiger partial charge on any atom is -0.338 e. The molecule has 0 aromatic carbocycles. The molecule has 2 saturated heterocycles. The van der Waals surface area contributed by atoms with Crippen LogP contribution in [0.5, 0.6) is 0 Å². The van der Waals surface area contributed by atoms with Crippen LogP contribution in [-0.2, 0) is 4.79 Å². The van der Waals surface area contributed by atoms with Gasteiger partial charge in [0.05, 0.1) is 0 Å². The second-order valence-corrected chi connectivity index (χ2v) is 6.57. The fourth-order valence-electron chi connectivity index (χ4n) is 3.06. The Balaban J connectivity index is 0.00000162. The van der Waals surface area contributed by atoms with Crippen molar-refractivity contribution >= 4 is 30.1 Å². The fraction of sp³-hybridized carbons (Fsp3) is 0.923. The van der Waals surface area contributed by atoms with E-state index in [1.165, 1.54) is 6.42 Å². The molecule has 2 aliphatic rings. The predicted molar refractivity (Wildman–Crippen MR) is 80.3 cm³/mol. The summed E-state index contributed by atoms with van der Waals surface area (Å²) in [7, 11) is 0. The molecule has 0 saturated carbocycles. The molecule has 2 atom stereocenters. The first kappa shape index (κ1) is 16.1. The van der Waals surface area contributed by atoms with Gasteiger partial charge in [0, 0.05) is 25.0 Å². The number of amides is 1. The lowest BCUT2D eigenvalue weighted by Crippen LogP contribution is -2.53. The highest BCUT2D eigenvalue weighted by atomic mass is 35.5. The molecule has 18 heavy (non-hydrogen) atoms. The smallest absolute Gasteiger partial charge is 0.226 e. The van der Waals surface area contributed by atoms with E-state index >= 15 is 0 Å². The van der Waals surface area contributed by atoms with Crippen LogP contribution < -0.4 is 5.73 Å². The maximum atomic E-state index is 12.5. The first-order valence-corrected chi connectivity index (χ1v) is 7.97. The van der Waals surface area contributed by atoms with Gasteiger partial charge in [-0.05, 0) is 43.1 Å². The van der Waals surface area contributed by atoms with E-state index in [2.05, 4.69) is 11.8 Å². The number of carbonyl (C=O) groups excluding carboxylic acids is 1. The van der Waals surface area contributed by atoms with E-state index in [0.29, 0.717) is 18.4 Å². The lowest BCUT2D eigenvalue weighted by atomic mass is 9.89. The third-order valence-electron chi connectivity index (χ3n) is 4.21. The molecule has 2 N–H and O–H groups in total. The van der Waals surface area contributed by atoms with E-state index in [-0.39, 0.29) is 24.4 Å². The quantitative estimate of drug-likeness (QED) is 0.848. The molecule has 0 spiro atoms. The third-order valence-corrected chi connectivity index (χ3v) is 5.26. The molecule has 106 valence electrons. The summed E-state index contributed by atoms with van der Waals surface area (Å²) in [6, 6.07) is 0.283. The zero-order valence-corrected chi connectivity index (χ0v) is 12.8. The monoisotopic (exact) mass is 292 g/mol. The van der Waals surface area contributed by atoms with Gasteiger partial charge in [0.25, 0.3) is 0 Å². The number of carbonyl (C=O) groups is 1. The van der Waals surface area contributed by atoms with E-state index in [0.717, 1.165) is 37.3 Å².